The van der Waals surface area contributed by atoms with Crippen LogP contribution in [0.15, 0.2) is 0 Å². The van der Waals surface area contributed by atoms with E-state index in [4.69, 9.17) is 18.0 Å². The number of thiocarbonyl (C=S) groups is 1. The van der Waals surface area contributed by atoms with Crippen LogP contribution in [0.3, 0.4) is 0 Å². The molecule has 0 aliphatic rings. The van der Waals surface area contributed by atoms with Crippen molar-refractivity contribution in [1.82, 2.24) is 14.8 Å². The molecule has 0 atom stereocenters. The molecule has 1 rings (SSSR count). The molecule has 54 valence electrons. The smallest absolute Gasteiger partial charge is 0.190 e. The Kier molecular flexibility index (Phi) is 1.67. The van der Waals surface area contributed by atoms with E-state index in [2.05, 4.69) is 10.2 Å². The first-order chi connectivity index (χ1) is 4.63. The summed E-state index contributed by atoms with van der Waals surface area (Å²) in [5.74, 6) is 1.37. The lowest BCUT2D eigenvalue weighted by Crippen LogP contribution is -2.15. The van der Waals surface area contributed by atoms with Crippen molar-refractivity contribution >= 4 is 17.2 Å². The Bertz CT molecular complexity index is 265. The molecule has 4 nitrogen and oxygen atoms in total. The largest absolute Gasteiger partial charge is 0.387 e. The van der Waals surface area contributed by atoms with E-state index in [-0.39, 0.29) is 4.99 Å². The van der Waals surface area contributed by atoms with Crippen LogP contribution in [0.4, 0.5) is 0 Å². The minimum atomic E-state index is 0.281. The van der Waals surface area contributed by atoms with Crippen molar-refractivity contribution in [1.29, 1.82) is 0 Å². The molecule has 2 N–H and O–H groups in total. The van der Waals surface area contributed by atoms with E-state index in [9.17, 15) is 0 Å². The summed E-state index contributed by atoms with van der Waals surface area (Å²) in [5.41, 5.74) is 5.34. The maximum absolute atomic E-state index is 5.34. The fourth-order valence-corrected chi connectivity index (χ4v) is 0.799. The Morgan fingerprint density at radius 1 is 1.60 bits per heavy atom. The summed E-state index contributed by atoms with van der Waals surface area (Å²) >= 11 is 4.72. The Morgan fingerprint density at radius 3 is 2.40 bits per heavy atom. The van der Waals surface area contributed by atoms with E-state index in [0.29, 0.717) is 5.82 Å². The van der Waals surface area contributed by atoms with E-state index in [1.165, 1.54) is 0 Å². The summed E-state index contributed by atoms with van der Waals surface area (Å²) < 4.78 is 1.75. The summed E-state index contributed by atoms with van der Waals surface area (Å²) in [4.78, 5) is 0.281. The van der Waals surface area contributed by atoms with Gasteiger partial charge in [0.1, 0.15) is 10.8 Å². The number of aryl methyl sites for hydroxylation is 1. The van der Waals surface area contributed by atoms with Crippen LogP contribution < -0.4 is 5.73 Å². The zero-order valence-electron chi connectivity index (χ0n) is 5.83. The highest BCUT2D eigenvalue weighted by Gasteiger charge is 2.05. The minimum absolute atomic E-state index is 0.281. The fraction of sp³-hybridized carbons (Fsp3) is 0.400. The highest BCUT2D eigenvalue weighted by atomic mass is 32.1. The van der Waals surface area contributed by atoms with Gasteiger partial charge in [0.05, 0.1) is 0 Å². The standard InChI is InChI=1S/C5H8N4S/c1-3-7-8-5(4(6)10)9(3)2/h1-2H3,(H2,6,10). The quantitative estimate of drug-likeness (QED) is 0.570. The summed E-state index contributed by atoms with van der Waals surface area (Å²) in [5, 5.41) is 7.54. The molecule has 0 saturated heterocycles. The van der Waals surface area contributed by atoms with E-state index in [0.717, 1.165) is 5.82 Å². The monoisotopic (exact) mass is 156 g/mol. The Hall–Kier alpha value is -0.970. The number of hydrogen-bond acceptors (Lipinski definition) is 3. The maximum atomic E-state index is 5.34. The molecule has 0 aliphatic heterocycles. The third-order valence-corrected chi connectivity index (χ3v) is 1.50. The SMILES string of the molecule is Cc1nnc(C(N)=S)n1C. The van der Waals surface area contributed by atoms with E-state index >= 15 is 0 Å². The third kappa shape index (κ3) is 0.995. The summed E-state index contributed by atoms with van der Waals surface area (Å²) in [6.07, 6.45) is 0. The lowest BCUT2D eigenvalue weighted by molar-refractivity contribution is 0.850. The molecule has 0 bridgehead atoms. The van der Waals surface area contributed by atoms with Crippen molar-refractivity contribution in [2.75, 3.05) is 0 Å². The van der Waals surface area contributed by atoms with Crippen LogP contribution in [0, 0.1) is 6.92 Å². The number of nitrogens with zero attached hydrogens (tertiary/aromatic N) is 3. The normalized spacial score (nSPS) is 9.80. The van der Waals surface area contributed by atoms with E-state index in [1.807, 2.05) is 14.0 Å². The van der Waals surface area contributed by atoms with E-state index in [1.54, 1.807) is 4.57 Å². The molecule has 0 aromatic carbocycles. The highest BCUT2D eigenvalue weighted by Crippen LogP contribution is 1.95. The second kappa shape index (κ2) is 2.34. The van der Waals surface area contributed by atoms with Gasteiger partial charge in [-0.3, -0.25) is 0 Å². The van der Waals surface area contributed by atoms with Crippen molar-refractivity contribution < 1.29 is 0 Å². The summed E-state index contributed by atoms with van der Waals surface area (Å²) in [6.45, 7) is 1.84. The van der Waals surface area contributed by atoms with Crippen LogP contribution in [-0.4, -0.2) is 19.8 Å². The van der Waals surface area contributed by atoms with Crippen molar-refractivity contribution in [3.63, 3.8) is 0 Å². The molecule has 5 heteroatoms. The summed E-state index contributed by atoms with van der Waals surface area (Å²) in [6, 6.07) is 0. The second-order valence-corrected chi connectivity index (χ2v) is 2.43. The van der Waals surface area contributed by atoms with Gasteiger partial charge in [0.2, 0.25) is 0 Å². The first kappa shape index (κ1) is 7.14. The van der Waals surface area contributed by atoms with Gasteiger partial charge in [-0.1, -0.05) is 12.2 Å². The average molecular weight is 156 g/mol. The van der Waals surface area contributed by atoms with Crippen molar-refractivity contribution in [2.24, 2.45) is 12.8 Å². The number of nitrogens with two attached hydrogens (primary N) is 1. The molecular weight excluding hydrogens is 148 g/mol. The second-order valence-electron chi connectivity index (χ2n) is 1.99. The third-order valence-electron chi connectivity index (χ3n) is 1.31. The van der Waals surface area contributed by atoms with Crippen molar-refractivity contribution in [3.8, 4) is 0 Å². The van der Waals surface area contributed by atoms with Gasteiger partial charge in [0.15, 0.2) is 5.82 Å². The maximum Gasteiger partial charge on any atom is 0.190 e. The van der Waals surface area contributed by atoms with Crippen LogP contribution in [0.2, 0.25) is 0 Å². The molecule has 1 aromatic heterocycles. The van der Waals surface area contributed by atoms with Gasteiger partial charge < -0.3 is 10.3 Å². The molecular formula is C5H8N4S. The first-order valence-corrected chi connectivity index (χ1v) is 3.19. The predicted molar refractivity (Wildman–Crippen MR) is 41.6 cm³/mol. The minimum Gasteiger partial charge on any atom is -0.387 e. The van der Waals surface area contributed by atoms with Crippen LogP contribution in [0.5, 0.6) is 0 Å². The lowest BCUT2D eigenvalue weighted by atomic mass is 10.6. The fourth-order valence-electron chi connectivity index (χ4n) is 0.622. The Balaban J connectivity index is 3.17. The van der Waals surface area contributed by atoms with Gasteiger partial charge >= 0.3 is 0 Å². The van der Waals surface area contributed by atoms with E-state index < -0.39 is 0 Å². The van der Waals surface area contributed by atoms with Crippen LogP contribution in [-0.2, 0) is 7.05 Å². The highest BCUT2D eigenvalue weighted by molar-refractivity contribution is 7.80. The summed E-state index contributed by atoms with van der Waals surface area (Å²) in [7, 11) is 1.82. The zero-order chi connectivity index (χ0) is 7.72. The molecule has 0 saturated carbocycles. The Labute approximate surface area is 64.1 Å². The zero-order valence-corrected chi connectivity index (χ0v) is 6.64. The molecule has 0 fully saturated rings. The van der Waals surface area contributed by atoms with Crippen LogP contribution >= 0.6 is 12.2 Å². The molecule has 0 amide bonds. The number of rotatable bonds is 1. The van der Waals surface area contributed by atoms with Gasteiger partial charge in [-0.15, -0.1) is 10.2 Å². The van der Waals surface area contributed by atoms with Gasteiger partial charge in [-0.2, -0.15) is 0 Å². The molecule has 1 heterocycles. The topological polar surface area (TPSA) is 56.7 Å². The first-order valence-electron chi connectivity index (χ1n) is 2.78. The number of hydrogen-bond donors (Lipinski definition) is 1. The van der Waals surface area contributed by atoms with Crippen molar-refractivity contribution in [3.05, 3.63) is 11.6 Å². The van der Waals surface area contributed by atoms with Crippen molar-refractivity contribution in [2.45, 2.75) is 6.92 Å². The van der Waals surface area contributed by atoms with Gasteiger partial charge in [-0.05, 0) is 6.92 Å². The van der Waals surface area contributed by atoms with Gasteiger partial charge in [-0.25, -0.2) is 0 Å². The molecule has 0 unspecified atom stereocenters. The lowest BCUT2D eigenvalue weighted by Gasteiger charge is -1.96. The van der Waals surface area contributed by atoms with Gasteiger partial charge in [0.25, 0.3) is 0 Å². The van der Waals surface area contributed by atoms with Crippen LogP contribution in [0.1, 0.15) is 11.6 Å². The number of aromatic nitrogens is 3. The molecule has 0 radical (unpaired) electrons. The average Bonchev–Trinajstić information content (AvgIpc) is 2.14. The molecule has 1 aromatic rings. The molecule has 10 heavy (non-hydrogen) atoms. The molecule has 0 aliphatic carbocycles. The van der Waals surface area contributed by atoms with Gasteiger partial charge in [0, 0.05) is 7.05 Å². The van der Waals surface area contributed by atoms with Crippen LogP contribution in [0.25, 0.3) is 0 Å². The Morgan fingerprint density at radius 2 is 2.20 bits per heavy atom. The molecule has 0 spiro atoms. The predicted octanol–water partition coefficient (Wildman–Crippen LogP) is -0.242.